The van der Waals surface area contributed by atoms with Gasteiger partial charge in [0.1, 0.15) is 5.82 Å². The first-order valence-electron chi connectivity index (χ1n) is 7.62. The van der Waals surface area contributed by atoms with Gasteiger partial charge in [-0.3, -0.25) is 0 Å². The molecule has 0 radical (unpaired) electrons. The molecule has 0 heterocycles. The van der Waals surface area contributed by atoms with E-state index in [2.05, 4.69) is 17.1 Å². The first kappa shape index (κ1) is 15.3. The molecule has 3 nitrogen and oxygen atoms in total. The highest BCUT2D eigenvalue weighted by atomic mass is 19.1. The van der Waals surface area contributed by atoms with Crippen LogP contribution in [-0.2, 0) is 6.54 Å². The normalized spacial score (nSPS) is 14.6. The van der Waals surface area contributed by atoms with Crippen molar-refractivity contribution < 1.29 is 9.50 Å². The fourth-order valence-electron chi connectivity index (χ4n) is 2.37. The molecule has 1 aromatic rings. The summed E-state index contributed by atoms with van der Waals surface area (Å²) in [6.07, 6.45) is 4.63. The summed E-state index contributed by atoms with van der Waals surface area (Å²) in [4.78, 5) is 2.16. The second-order valence-corrected chi connectivity index (χ2v) is 5.49. The third-order valence-corrected chi connectivity index (χ3v) is 3.69. The molecule has 1 aromatic carbocycles. The number of hydrogen-bond acceptors (Lipinski definition) is 3. The highest BCUT2D eigenvalue weighted by Gasteiger charge is 2.21. The van der Waals surface area contributed by atoms with Crippen molar-refractivity contribution in [2.75, 3.05) is 24.6 Å². The predicted octanol–water partition coefficient (Wildman–Crippen LogP) is 2.68. The first-order valence-corrected chi connectivity index (χ1v) is 7.62. The topological polar surface area (TPSA) is 35.5 Å². The number of nitrogens with zero attached hydrogens (tertiary/aromatic N) is 1. The predicted molar refractivity (Wildman–Crippen MR) is 80.5 cm³/mol. The molecule has 20 heavy (non-hydrogen) atoms. The maximum Gasteiger partial charge on any atom is 0.123 e. The maximum absolute atomic E-state index is 13.5. The zero-order valence-corrected chi connectivity index (χ0v) is 12.2. The van der Waals surface area contributed by atoms with E-state index in [1.54, 1.807) is 6.07 Å². The highest BCUT2D eigenvalue weighted by Crippen LogP contribution is 2.25. The number of aliphatic hydroxyl groups is 1. The van der Waals surface area contributed by atoms with Gasteiger partial charge in [0.05, 0.1) is 6.61 Å². The van der Waals surface area contributed by atoms with E-state index in [1.165, 1.54) is 18.9 Å². The summed E-state index contributed by atoms with van der Waals surface area (Å²) >= 11 is 0. The summed E-state index contributed by atoms with van der Waals surface area (Å²) in [5.41, 5.74) is 2.03. The van der Waals surface area contributed by atoms with Gasteiger partial charge in [-0.25, -0.2) is 4.39 Å². The highest BCUT2D eigenvalue weighted by molar-refractivity contribution is 5.54. The third-order valence-electron chi connectivity index (χ3n) is 3.69. The van der Waals surface area contributed by atoms with Gasteiger partial charge < -0.3 is 15.3 Å². The average molecular weight is 280 g/mol. The molecule has 0 aromatic heterocycles. The van der Waals surface area contributed by atoms with Crippen LogP contribution in [0.5, 0.6) is 0 Å². The van der Waals surface area contributed by atoms with Crippen LogP contribution in [0.3, 0.4) is 0 Å². The molecule has 0 amide bonds. The number of unbranched alkanes of at least 4 members (excludes halogenated alkanes) is 1. The largest absolute Gasteiger partial charge is 0.395 e. The molecule has 1 saturated carbocycles. The lowest BCUT2D eigenvalue weighted by Crippen LogP contribution is -2.29. The number of rotatable bonds is 9. The van der Waals surface area contributed by atoms with Crippen molar-refractivity contribution in [3.8, 4) is 0 Å². The molecular weight excluding hydrogens is 255 g/mol. The smallest absolute Gasteiger partial charge is 0.123 e. The molecule has 0 saturated heterocycles. The SMILES string of the molecule is CCCCN(CCO)c1ccc(F)cc1CNC1CC1. The van der Waals surface area contributed by atoms with E-state index in [-0.39, 0.29) is 12.4 Å². The Kier molecular flexibility index (Phi) is 5.80. The van der Waals surface area contributed by atoms with Crippen LogP contribution in [0.2, 0.25) is 0 Å². The van der Waals surface area contributed by atoms with E-state index in [0.29, 0.717) is 19.1 Å². The quantitative estimate of drug-likeness (QED) is 0.730. The summed E-state index contributed by atoms with van der Waals surface area (Å²) in [5, 5.41) is 12.7. The molecule has 0 aliphatic heterocycles. The summed E-state index contributed by atoms with van der Waals surface area (Å²) in [5.74, 6) is -0.194. The molecule has 1 fully saturated rings. The monoisotopic (exact) mass is 280 g/mol. The van der Waals surface area contributed by atoms with Gasteiger partial charge in [0.2, 0.25) is 0 Å². The minimum absolute atomic E-state index is 0.122. The van der Waals surface area contributed by atoms with Crippen LogP contribution in [0.25, 0.3) is 0 Å². The van der Waals surface area contributed by atoms with E-state index >= 15 is 0 Å². The molecule has 1 aliphatic rings. The van der Waals surface area contributed by atoms with Gasteiger partial charge in [0.15, 0.2) is 0 Å². The van der Waals surface area contributed by atoms with Crippen molar-refractivity contribution in [2.45, 2.75) is 45.2 Å². The van der Waals surface area contributed by atoms with E-state index in [4.69, 9.17) is 0 Å². The second kappa shape index (κ2) is 7.60. The Balaban J connectivity index is 2.11. The van der Waals surface area contributed by atoms with Gasteiger partial charge >= 0.3 is 0 Å². The Morgan fingerprint density at radius 2 is 2.15 bits per heavy atom. The van der Waals surface area contributed by atoms with Gasteiger partial charge in [0, 0.05) is 31.4 Å². The van der Waals surface area contributed by atoms with E-state index < -0.39 is 0 Å². The van der Waals surface area contributed by atoms with Crippen molar-refractivity contribution in [1.29, 1.82) is 0 Å². The molecule has 2 rings (SSSR count). The lowest BCUT2D eigenvalue weighted by molar-refractivity contribution is 0.301. The average Bonchev–Trinajstić information content (AvgIpc) is 3.26. The summed E-state index contributed by atoms with van der Waals surface area (Å²) in [6.45, 7) is 4.47. The summed E-state index contributed by atoms with van der Waals surface area (Å²) < 4.78 is 13.5. The van der Waals surface area contributed by atoms with Crippen LogP contribution in [0.1, 0.15) is 38.2 Å². The second-order valence-electron chi connectivity index (χ2n) is 5.49. The fourth-order valence-corrected chi connectivity index (χ4v) is 2.37. The number of halogens is 1. The Morgan fingerprint density at radius 3 is 2.80 bits per heavy atom. The molecule has 112 valence electrons. The number of hydrogen-bond donors (Lipinski definition) is 2. The molecular formula is C16H25FN2O. The minimum Gasteiger partial charge on any atom is -0.395 e. The van der Waals surface area contributed by atoms with Gasteiger partial charge in [-0.05, 0) is 43.0 Å². The van der Waals surface area contributed by atoms with Crippen LogP contribution in [0.15, 0.2) is 18.2 Å². The third kappa shape index (κ3) is 4.46. The molecule has 1 aliphatic carbocycles. The van der Waals surface area contributed by atoms with Gasteiger partial charge in [0.25, 0.3) is 0 Å². The number of anilines is 1. The molecule has 4 heteroatoms. The van der Waals surface area contributed by atoms with Crippen molar-refractivity contribution in [3.05, 3.63) is 29.6 Å². The molecule has 2 N–H and O–H groups in total. The standard InChI is InChI=1S/C16H25FN2O/c1-2-3-8-19(9-10-20)16-7-4-14(17)11-13(16)12-18-15-5-6-15/h4,7,11,15,18,20H,2-3,5-6,8-10,12H2,1H3. The van der Waals surface area contributed by atoms with Gasteiger partial charge in [-0.15, -0.1) is 0 Å². The van der Waals surface area contributed by atoms with Crippen molar-refractivity contribution in [3.63, 3.8) is 0 Å². The maximum atomic E-state index is 13.5. The van der Waals surface area contributed by atoms with Crippen molar-refractivity contribution in [1.82, 2.24) is 5.32 Å². The molecule has 0 atom stereocenters. The fraction of sp³-hybridized carbons (Fsp3) is 0.625. The minimum atomic E-state index is -0.194. The Labute approximate surface area is 120 Å². The Bertz CT molecular complexity index is 421. The van der Waals surface area contributed by atoms with E-state index in [1.807, 2.05) is 6.07 Å². The number of aliphatic hydroxyl groups excluding tert-OH is 1. The van der Waals surface area contributed by atoms with Crippen LogP contribution in [0.4, 0.5) is 10.1 Å². The van der Waals surface area contributed by atoms with Crippen molar-refractivity contribution >= 4 is 5.69 Å². The summed E-state index contributed by atoms with van der Waals surface area (Å²) in [7, 11) is 0. The van der Waals surface area contributed by atoms with Gasteiger partial charge in [-0.2, -0.15) is 0 Å². The van der Waals surface area contributed by atoms with E-state index in [0.717, 1.165) is 30.6 Å². The van der Waals surface area contributed by atoms with Crippen LogP contribution >= 0.6 is 0 Å². The lowest BCUT2D eigenvalue weighted by Gasteiger charge is -2.26. The van der Waals surface area contributed by atoms with E-state index in [9.17, 15) is 9.50 Å². The lowest BCUT2D eigenvalue weighted by atomic mass is 10.1. The molecule has 0 spiro atoms. The van der Waals surface area contributed by atoms with Gasteiger partial charge in [-0.1, -0.05) is 13.3 Å². The van der Waals surface area contributed by atoms with Crippen molar-refractivity contribution in [2.24, 2.45) is 0 Å². The Hall–Kier alpha value is -1.13. The summed E-state index contributed by atoms with van der Waals surface area (Å²) in [6, 6.07) is 5.56. The molecule has 0 bridgehead atoms. The van der Waals surface area contributed by atoms with Crippen LogP contribution < -0.4 is 10.2 Å². The number of benzene rings is 1. The van der Waals surface area contributed by atoms with Crippen LogP contribution in [-0.4, -0.2) is 30.8 Å². The number of nitrogens with one attached hydrogen (secondary N) is 1. The zero-order valence-electron chi connectivity index (χ0n) is 12.2. The Morgan fingerprint density at radius 1 is 1.35 bits per heavy atom. The first-order chi connectivity index (χ1) is 9.74. The van der Waals surface area contributed by atoms with Crippen LogP contribution in [0, 0.1) is 5.82 Å². The zero-order chi connectivity index (χ0) is 14.4. The molecule has 0 unspecified atom stereocenters.